The van der Waals surface area contributed by atoms with Gasteiger partial charge in [0.1, 0.15) is 11.4 Å². The van der Waals surface area contributed by atoms with Crippen LogP contribution < -0.4 is 16.1 Å². The van der Waals surface area contributed by atoms with Crippen LogP contribution in [-0.2, 0) is 30.6 Å². The number of carbonyl (C=O) groups excluding carboxylic acids is 1. The molecule has 8 heteroatoms. The Hall–Kier alpha value is -3.65. The van der Waals surface area contributed by atoms with Crippen LogP contribution in [0.2, 0.25) is 0 Å². The van der Waals surface area contributed by atoms with E-state index in [1.54, 1.807) is 4.57 Å². The second-order valence-corrected chi connectivity index (χ2v) is 11.2. The van der Waals surface area contributed by atoms with Crippen molar-refractivity contribution in [2.75, 3.05) is 31.1 Å². The zero-order chi connectivity index (χ0) is 26.2. The summed E-state index contributed by atoms with van der Waals surface area (Å²) in [6, 6.07) is 17.8. The van der Waals surface area contributed by atoms with Crippen LogP contribution >= 0.6 is 11.3 Å². The van der Waals surface area contributed by atoms with Crippen molar-refractivity contribution in [1.82, 2.24) is 14.0 Å². The van der Waals surface area contributed by atoms with Gasteiger partial charge in [-0.1, -0.05) is 37.3 Å². The number of nitrogens with zero attached hydrogens (tertiary/aromatic N) is 4. The zero-order valence-corrected chi connectivity index (χ0v) is 22.5. The first-order chi connectivity index (χ1) is 18.5. The normalized spacial score (nSPS) is 15.6. The first kappa shape index (κ1) is 24.7. The second-order valence-electron chi connectivity index (χ2n) is 10.1. The highest BCUT2D eigenvalue weighted by Gasteiger charge is 2.27. The summed E-state index contributed by atoms with van der Waals surface area (Å²) in [6.45, 7) is 4.71. The van der Waals surface area contributed by atoms with Crippen molar-refractivity contribution in [2.45, 2.75) is 45.6 Å². The third kappa shape index (κ3) is 4.36. The summed E-state index contributed by atoms with van der Waals surface area (Å²) >= 11 is 1.52. The maximum absolute atomic E-state index is 13.9. The van der Waals surface area contributed by atoms with Gasteiger partial charge >= 0.3 is 5.69 Å². The Labute approximate surface area is 225 Å². The molecular weight excluding hydrogens is 496 g/mol. The van der Waals surface area contributed by atoms with Gasteiger partial charge in [0, 0.05) is 36.7 Å². The van der Waals surface area contributed by atoms with Crippen molar-refractivity contribution in [1.29, 1.82) is 0 Å². The number of thiophene rings is 1. The molecule has 0 spiro atoms. The minimum absolute atomic E-state index is 0.0621. The smallest absolute Gasteiger partial charge is 0.337 e. The number of aryl methyl sites for hydroxylation is 3. The maximum atomic E-state index is 13.9. The van der Waals surface area contributed by atoms with Crippen LogP contribution in [0, 0.1) is 0 Å². The van der Waals surface area contributed by atoms with Gasteiger partial charge in [-0.25, -0.2) is 9.36 Å². The van der Waals surface area contributed by atoms with Crippen molar-refractivity contribution < 1.29 is 4.79 Å². The second kappa shape index (κ2) is 10.3. The molecule has 3 heterocycles. The number of amides is 1. The average molecular weight is 529 g/mol. The lowest BCUT2D eigenvalue weighted by atomic mass is 9.97. The highest BCUT2D eigenvalue weighted by Crippen LogP contribution is 2.34. The minimum atomic E-state index is -0.443. The zero-order valence-electron chi connectivity index (χ0n) is 21.7. The molecule has 0 unspecified atom stereocenters. The Morgan fingerprint density at radius 2 is 1.58 bits per heavy atom. The van der Waals surface area contributed by atoms with Crippen LogP contribution in [-0.4, -0.2) is 46.1 Å². The predicted molar refractivity (Wildman–Crippen MR) is 153 cm³/mol. The van der Waals surface area contributed by atoms with Crippen molar-refractivity contribution in [2.24, 2.45) is 0 Å². The molecule has 7 nitrogen and oxygen atoms in total. The van der Waals surface area contributed by atoms with Crippen molar-refractivity contribution in [3.63, 3.8) is 0 Å². The number of para-hydroxylation sites is 1. The molecule has 2 aromatic carbocycles. The lowest BCUT2D eigenvalue weighted by Crippen LogP contribution is -2.50. The molecule has 1 fully saturated rings. The van der Waals surface area contributed by atoms with Crippen molar-refractivity contribution in [3.05, 3.63) is 91.4 Å². The predicted octanol–water partition coefficient (Wildman–Crippen LogP) is 4.00. The van der Waals surface area contributed by atoms with Crippen LogP contribution in [0.4, 0.5) is 5.69 Å². The molecule has 0 bridgehead atoms. The van der Waals surface area contributed by atoms with E-state index in [0.29, 0.717) is 29.0 Å². The van der Waals surface area contributed by atoms with E-state index >= 15 is 0 Å². The first-order valence-electron chi connectivity index (χ1n) is 13.5. The summed E-state index contributed by atoms with van der Waals surface area (Å²) < 4.78 is 2.82. The fourth-order valence-electron chi connectivity index (χ4n) is 5.70. The van der Waals surface area contributed by atoms with Gasteiger partial charge < -0.3 is 9.80 Å². The molecule has 1 amide bonds. The molecule has 0 atom stereocenters. The standard InChI is InChI=1S/C30H32N4O3S/c1-2-21-12-14-23(15-13-21)34-28(36)27-24-10-6-7-11-25(24)38-29(27)33(30(34)37)20-26(35)32-18-16-31(17-19-32)22-8-4-3-5-9-22/h3-5,8-9,12-15H,2,6-7,10-11,16-20H2,1H3. The molecule has 6 rings (SSSR count). The van der Waals surface area contributed by atoms with Crippen molar-refractivity contribution in [3.8, 4) is 5.69 Å². The van der Waals surface area contributed by atoms with E-state index in [9.17, 15) is 14.4 Å². The van der Waals surface area contributed by atoms with E-state index < -0.39 is 5.69 Å². The molecule has 196 valence electrons. The number of hydrogen-bond donors (Lipinski definition) is 0. The van der Waals surface area contributed by atoms with Crippen LogP contribution in [0.15, 0.2) is 64.2 Å². The van der Waals surface area contributed by atoms with Gasteiger partial charge in [0.2, 0.25) is 5.91 Å². The first-order valence-corrected chi connectivity index (χ1v) is 14.3. The number of piperazine rings is 1. The monoisotopic (exact) mass is 528 g/mol. The Morgan fingerprint density at radius 3 is 2.29 bits per heavy atom. The average Bonchev–Trinajstić information content (AvgIpc) is 3.36. The number of hydrogen-bond acceptors (Lipinski definition) is 5. The van der Waals surface area contributed by atoms with Gasteiger partial charge in [-0.15, -0.1) is 11.3 Å². The highest BCUT2D eigenvalue weighted by molar-refractivity contribution is 7.18. The van der Waals surface area contributed by atoms with Crippen LogP contribution in [0.5, 0.6) is 0 Å². The van der Waals surface area contributed by atoms with E-state index in [1.807, 2.05) is 47.4 Å². The van der Waals surface area contributed by atoms with E-state index in [4.69, 9.17) is 0 Å². The molecule has 38 heavy (non-hydrogen) atoms. The van der Waals surface area contributed by atoms with Gasteiger partial charge in [0.15, 0.2) is 0 Å². The number of rotatable bonds is 5. The van der Waals surface area contributed by atoms with E-state index in [2.05, 4.69) is 24.0 Å². The van der Waals surface area contributed by atoms with Gasteiger partial charge in [0.05, 0.1) is 11.1 Å². The van der Waals surface area contributed by atoms with Gasteiger partial charge in [-0.05, 0) is 67.5 Å². The number of benzene rings is 2. The highest BCUT2D eigenvalue weighted by atomic mass is 32.1. The van der Waals surface area contributed by atoms with E-state index in [-0.39, 0.29) is 18.0 Å². The van der Waals surface area contributed by atoms with Gasteiger partial charge in [-0.3, -0.25) is 14.2 Å². The molecule has 0 N–H and O–H groups in total. The lowest BCUT2D eigenvalue weighted by molar-refractivity contribution is -0.132. The summed E-state index contributed by atoms with van der Waals surface area (Å²) in [6.07, 6.45) is 4.76. The molecule has 0 saturated carbocycles. The van der Waals surface area contributed by atoms with Crippen molar-refractivity contribution >= 4 is 33.1 Å². The summed E-state index contributed by atoms with van der Waals surface area (Å²) in [5.74, 6) is -0.0842. The SMILES string of the molecule is CCc1ccc(-n2c(=O)c3c4c(sc3n(CC(=O)N3CCN(c5ccccc5)CC3)c2=O)CCCC4)cc1. The molecule has 4 aromatic rings. The summed E-state index contributed by atoms with van der Waals surface area (Å²) in [4.78, 5) is 47.2. The quantitative estimate of drug-likeness (QED) is 0.393. The Balaban J connectivity index is 1.37. The largest absolute Gasteiger partial charge is 0.368 e. The van der Waals surface area contributed by atoms with Gasteiger partial charge in [-0.2, -0.15) is 0 Å². The number of carbonyl (C=O) groups is 1. The fourth-order valence-corrected chi connectivity index (χ4v) is 7.08. The van der Waals surface area contributed by atoms with E-state index in [1.165, 1.54) is 20.8 Å². The molecule has 0 radical (unpaired) electrons. The number of fused-ring (bicyclic) bond motifs is 3. The van der Waals surface area contributed by atoms with Crippen LogP contribution in [0.3, 0.4) is 0 Å². The fraction of sp³-hybridized carbons (Fsp3) is 0.367. The Morgan fingerprint density at radius 1 is 0.868 bits per heavy atom. The van der Waals surface area contributed by atoms with Gasteiger partial charge in [0.25, 0.3) is 5.56 Å². The third-order valence-electron chi connectivity index (χ3n) is 7.89. The summed E-state index contributed by atoms with van der Waals surface area (Å²) in [5, 5.41) is 0.616. The molecule has 2 aliphatic rings. The molecule has 1 aliphatic carbocycles. The summed E-state index contributed by atoms with van der Waals surface area (Å²) in [7, 11) is 0. The van der Waals surface area contributed by atoms with Crippen LogP contribution in [0.25, 0.3) is 15.9 Å². The third-order valence-corrected chi connectivity index (χ3v) is 9.20. The Bertz CT molecular complexity index is 1590. The van der Waals surface area contributed by atoms with E-state index in [0.717, 1.165) is 62.0 Å². The molecule has 2 aromatic heterocycles. The molecule has 1 saturated heterocycles. The van der Waals surface area contributed by atoms with Crippen LogP contribution in [0.1, 0.15) is 35.8 Å². The topological polar surface area (TPSA) is 67.6 Å². The molecule has 1 aliphatic heterocycles. The minimum Gasteiger partial charge on any atom is -0.368 e. The summed E-state index contributed by atoms with van der Waals surface area (Å²) in [5.41, 5.74) is 3.20. The lowest BCUT2D eigenvalue weighted by Gasteiger charge is -2.36. The number of anilines is 1. The Kier molecular flexibility index (Phi) is 6.66. The maximum Gasteiger partial charge on any atom is 0.337 e. The molecular formula is C30H32N4O3S. The number of aromatic nitrogens is 2.